The van der Waals surface area contributed by atoms with E-state index in [-0.39, 0.29) is 30.3 Å². The highest BCUT2D eigenvalue weighted by atomic mass is 35.5. The number of anilines is 1. The van der Waals surface area contributed by atoms with Crippen LogP contribution >= 0.6 is 12.4 Å². The van der Waals surface area contributed by atoms with Crippen molar-refractivity contribution in [2.24, 2.45) is 11.7 Å². The maximum Gasteiger partial charge on any atom is 0.228 e. The molecule has 0 bridgehead atoms. The van der Waals surface area contributed by atoms with Gasteiger partial charge in [0.2, 0.25) is 5.91 Å². The molecule has 6 nitrogen and oxygen atoms in total. The molecular formula is C13H18ClN5O. The van der Waals surface area contributed by atoms with Gasteiger partial charge in [0.1, 0.15) is 0 Å². The number of nitrogens with zero attached hydrogens (tertiary/aromatic N) is 3. The summed E-state index contributed by atoms with van der Waals surface area (Å²) in [6.45, 7) is 3.62. The lowest BCUT2D eigenvalue weighted by Gasteiger charge is -2.15. The second-order valence-corrected chi connectivity index (χ2v) is 4.50. The number of nitrogens with two attached hydrogens (primary N) is 1. The lowest BCUT2D eigenvalue weighted by molar-refractivity contribution is -0.119. The van der Waals surface area contributed by atoms with Crippen molar-refractivity contribution in [1.82, 2.24) is 15.0 Å². The van der Waals surface area contributed by atoms with E-state index in [1.54, 1.807) is 12.4 Å². The summed E-state index contributed by atoms with van der Waals surface area (Å²) < 4.78 is 0. The van der Waals surface area contributed by atoms with E-state index < -0.39 is 0 Å². The van der Waals surface area contributed by atoms with Crippen LogP contribution in [0.25, 0.3) is 5.69 Å². The molecule has 2 aromatic rings. The van der Waals surface area contributed by atoms with Crippen LogP contribution in [0.5, 0.6) is 0 Å². The van der Waals surface area contributed by atoms with E-state index >= 15 is 0 Å². The van der Waals surface area contributed by atoms with Gasteiger partial charge in [-0.2, -0.15) is 15.0 Å². The van der Waals surface area contributed by atoms with Crippen molar-refractivity contribution in [2.75, 3.05) is 5.32 Å². The Kier molecular flexibility index (Phi) is 5.66. The first-order chi connectivity index (χ1) is 9.08. The van der Waals surface area contributed by atoms with Gasteiger partial charge in [0, 0.05) is 11.7 Å². The van der Waals surface area contributed by atoms with Gasteiger partial charge >= 0.3 is 0 Å². The van der Waals surface area contributed by atoms with Crippen molar-refractivity contribution >= 4 is 24.0 Å². The van der Waals surface area contributed by atoms with Crippen LogP contribution in [-0.2, 0) is 4.79 Å². The third kappa shape index (κ3) is 3.79. The summed E-state index contributed by atoms with van der Waals surface area (Å²) in [6.07, 6.45) is 3.22. The fraction of sp³-hybridized carbons (Fsp3) is 0.308. The summed E-state index contributed by atoms with van der Waals surface area (Å²) in [6, 6.07) is 7.13. The van der Waals surface area contributed by atoms with Crippen LogP contribution in [0, 0.1) is 5.92 Å². The molecule has 1 aromatic heterocycles. The van der Waals surface area contributed by atoms with E-state index in [0.29, 0.717) is 0 Å². The van der Waals surface area contributed by atoms with Crippen LogP contribution in [-0.4, -0.2) is 26.9 Å². The van der Waals surface area contributed by atoms with E-state index in [0.717, 1.165) is 11.4 Å². The van der Waals surface area contributed by atoms with Gasteiger partial charge in [0.15, 0.2) is 0 Å². The fourth-order valence-corrected chi connectivity index (χ4v) is 1.52. The third-order valence-electron chi connectivity index (χ3n) is 2.99. The zero-order chi connectivity index (χ0) is 13.8. The Balaban J connectivity index is 0.00000200. The summed E-state index contributed by atoms with van der Waals surface area (Å²) in [4.78, 5) is 13.4. The molecule has 2 atom stereocenters. The van der Waals surface area contributed by atoms with Gasteiger partial charge in [0.05, 0.1) is 24.0 Å². The number of amides is 1. The quantitative estimate of drug-likeness (QED) is 0.897. The standard InChI is InChI=1S/C13H17N5O.ClH/c1-9(10(2)14)13(19)17-11-3-5-12(6-4-11)18-15-7-8-16-18;/h3-10H,14H2,1-2H3,(H,17,19);1H. The second-order valence-electron chi connectivity index (χ2n) is 4.50. The van der Waals surface area contributed by atoms with Gasteiger partial charge in [-0.15, -0.1) is 12.4 Å². The second kappa shape index (κ2) is 7.02. The smallest absolute Gasteiger partial charge is 0.228 e. The number of aromatic nitrogens is 3. The Morgan fingerprint density at radius 3 is 2.25 bits per heavy atom. The summed E-state index contributed by atoms with van der Waals surface area (Å²) in [5.41, 5.74) is 7.26. The molecule has 0 saturated heterocycles. The number of benzene rings is 1. The molecule has 0 aliphatic rings. The number of carbonyl (C=O) groups is 1. The van der Waals surface area contributed by atoms with Crippen LogP contribution in [0.3, 0.4) is 0 Å². The van der Waals surface area contributed by atoms with E-state index in [4.69, 9.17) is 5.73 Å². The zero-order valence-corrected chi connectivity index (χ0v) is 12.2. The van der Waals surface area contributed by atoms with Gasteiger partial charge < -0.3 is 11.1 Å². The Morgan fingerprint density at radius 2 is 1.75 bits per heavy atom. The Bertz CT molecular complexity index is 538. The van der Waals surface area contributed by atoms with E-state index in [1.807, 2.05) is 38.1 Å². The third-order valence-corrected chi connectivity index (χ3v) is 2.99. The molecule has 0 spiro atoms. The topological polar surface area (TPSA) is 85.8 Å². The van der Waals surface area contributed by atoms with E-state index in [1.165, 1.54) is 4.80 Å². The van der Waals surface area contributed by atoms with Crippen molar-refractivity contribution in [3.63, 3.8) is 0 Å². The number of hydrogen-bond donors (Lipinski definition) is 2. The molecule has 0 aliphatic carbocycles. The Hall–Kier alpha value is -1.92. The predicted molar refractivity (Wildman–Crippen MR) is 80.1 cm³/mol. The van der Waals surface area contributed by atoms with Gasteiger partial charge in [-0.05, 0) is 31.2 Å². The van der Waals surface area contributed by atoms with Crippen molar-refractivity contribution in [2.45, 2.75) is 19.9 Å². The molecule has 2 unspecified atom stereocenters. The summed E-state index contributed by atoms with van der Waals surface area (Å²) >= 11 is 0. The first kappa shape index (κ1) is 16.1. The van der Waals surface area contributed by atoms with Gasteiger partial charge in [-0.25, -0.2) is 0 Å². The Labute approximate surface area is 123 Å². The average Bonchev–Trinajstić information content (AvgIpc) is 2.92. The summed E-state index contributed by atoms with van der Waals surface area (Å²) in [7, 11) is 0. The van der Waals surface area contributed by atoms with Crippen LogP contribution < -0.4 is 11.1 Å². The first-order valence-electron chi connectivity index (χ1n) is 6.11. The lowest BCUT2D eigenvalue weighted by Crippen LogP contribution is -2.34. The summed E-state index contributed by atoms with van der Waals surface area (Å²) in [5, 5.41) is 10.9. The summed E-state index contributed by atoms with van der Waals surface area (Å²) in [5.74, 6) is -0.313. The van der Waals surface area contributed by atoms with Crippen LogP contribution in [0.2, 0.25) is 0 Å². The number of nitrogens with one attached hydrogen (secondary N) is 1. The molecule has 3 N–H and O–H groups in total. The van der Waals surface area contributed by atoms with Crippen molar-refractivity contribution in [3.8, 4) is 5.69 Å². The van der Waals surface area contributed by atoms with E-state index in [9.17, 15) is 4.79 Å². The number of halogens is 1. The molecule has 0 radical (unpaired) electrons. The number of hydrogen-bond acceptors (Lipinski definition) is 4. The Morgan fingerprint density at radius 1 is 1.20 bits per heavy atom. The fourth-order valence-electron chi connectivity index (χ4n) is 1.52. The van der Waals surface area contributed by atoms with Gasteiger partial charge in [0.25, 0.3) is 0 Å². The molecule has 2 rings (SSSR count). The largest absolute Gasteiger partial charge is 0.327 e. The molecule has 108 valence electrons. The maximum atomic E-state index is 11.8. The number of carbonyl (C=O) groups excluding carboxylic acids is 1. The van der Waals surface area contributed by atoms with Crippen molar-refractivity contribution < 1.29 is 4.79 Å². The molecular weight excluding hydrogens is 278 g/mol. The highest BCUT2D eigenvalue weighted by Crippen LogP contribution is 2.13. The monoisotopic (exact) mass is 295 g/mol. The molecule has 1 heterocycles. The SMILES string of the molecule is CC(N)C(C)C(=O)Nc1ccc(-n2nccn2)cc1.Cl. The molecule has 7 heteroatoms. The minimum atomic E-state index is -0.229. The highest BCUT2D eigenvalue weighted by molar-refractivity contribution is 5.92. The molecule has 20 heavy (non-hydrogen) atoms. The molecule has 0 saturated carbocycles. The lowest BCUT2D eigenvalue weighted by atomic mass is 10.0. The van der Waals surface area contributed by atoms with Gasteiger partial charge in [-0.1, -0.05) is 6.92 Å². The minimum absolute atomic E-state index is 0. The highest BCUT2D eigenvalue weighted by Gasteiger charge is 2.16. The maximum absolute atomic E-state index is 11.8. The van der Waals surface area contributed by atoms with Gasteiger partial charge in [-0.3, -0.25) is 4.79 Å². The van der Waals surface area contributed by atoms with Crippen LogP contribution in [0.1, 0.15) is 13.8 Å². The predicted octanol–water partition coefficient (Wildman–Crippen LogP) is 1.61. The van der Waals surface area contributed by atoms with Crippen molar-refractivity contribution in [1.29, 1.82) is 0 Å². The molecule has 1 amide bonds. The minimum Gasteiger partial charge on any atom is -0.327 e. The first-order valence-corrected chi connectivity index (χ1v) is 6.11. The molecule has 0 aliphatic heterocycles. The zero-order valence-electron chi connectivity index (χ0n) is 11.4. The van der Waals surface area contributed by atoms with Crippen molar-refractivity contribution in [3.05, 3.63) is 36.7 Å². The average molecular weight is 296 g/mol. The van der Waals surface area contributed by atoms with Crippen LogP contribution in [0.4, 0.5) is 5.69 Å². The van der Waals surface area contributed by atoms with E-state index in [2.05, 4.69) is 15.5 Å². The van der Waals surface area contributed by atoms with Crippen LogP contribution in [0.15, 0.2) is 36.7 Å². The number of rotatable bonds is 4. The normalized spacial score (nSPS) is 13.2. The molecule has 1 aromatic carbocycles. The molecule has 0 fully saturated rings.